The topological polar surface area (TPSA) is 28.2 Å². The first kappa shape index (κ1) is 13.0. The van der Waals surface area contributed by atoms with E-state index in [9.17, 15) is 0 Å². The predicted octanol–water partition coefficient (Wildman–Crippen LogP) is 2.67. The van der Waals surface area contributed by atoms with E-state index in [1.165, 1.54) is 37.2 Å². The summed E-state index contributed by atoms with van der Waals surface area (Å²) in [4.78, 5) is 8.06. The maximum absolute atomic E-state index is 4.13. The Morgan fingerprint density at radius 3 is 2.76 bits per heavy atom. The van der Waals surface area contributed by atoms with Crippen LogP contribution >= 0.6 is 11.3 Å². The number of thiazole rings is 1. The normalized spacial score (nSPS) is 21.3. The number of rotatable bonds is 5. The molecular weight excluding hydrogens is 230 g/mol. The van der Waals surface area contributed by atoms with Crippen LogP contribution in [0, 0.1) is 0 Å². The molecule has 1 aromatic heterocycles. The van der Waals surface area contributed by atoms with Gasteiger partial charge in [-0.1, -0.05) is 6.42 Å². The summed E-state index contributed by atoms with van der Waals surface area (Å²) in [5.41, 5.74) is 1.90. The van der Waals surface area contributed by atoms with Crippen molar-refractivity contribution in [1.82, 2.24) is 15.2 Å². The zero-order valence-corrected chi connectivity index (χ0v) is 11.7. The maximum Gasteiger partial charge on any atom is 0.0794 e. The monoisotopic (exact) mass is 253 g/mol. The van der Waals surface area contributed by atoms with Crippen LogP contribution in [0.25, 0.3) is 0 Å². The van der Waals surface area contributed by atoms with Crippen LogP contribution in [0.1, 0.15) is 44.0 Å². The average molecular weight is 253 g/mol. The molecule has 0 aromatic carbocycles. The van der Waals surface area contributed by atoms with E-state index in [-0.39, 0.29) is 0 Å². The van der Waals surface area contributed by atoms with Crippen molar-refractivity contribution >= 4 is 11.3 Å². The van der Waals surface area contributed by atoms with Gasteiger partial charge in [-0.05, 0) is 39.8 Å². The Hall–Kier alpha value is -0.450. The van der Waals surface area contributed by atoms with Crippen LogP contribution in [0.2, 0.25) is 0 Å². The highest BCUT2D eigenvalue weighted by atomic mass is 32.1. The molecule has 4 heteroatoms. The number of nitrogens with zero attached hydrogens (tertiary/aromatic N) is 2. The van der Waals surface area contributed by atoms with Crippen LogP contribution in [0.15, 0.2) is 11.7 Å². The molecule has 2 rings (SSSR count). The van der Waals surface area contributed by atoms with E-state index in [1.807, 2.05) is 11.7 Å². The molecule has 0 aliphatic carbocycles. The maximum atomic E-state index is 4.13. The van der Waals surface area contributed by atoms with Gasteiger partial charge in [0.15, 0.2) is 0 Å². The first-order chi connectivity index (χ1) is 8.27. The quantitative estimate of drug-likeness (QED) is 0.874. The molecule has 96 valence electrons. The molecule has 0 spiro atoms. The number of piperidine rings is 1. The van der Waals surface area contributed by atoms with Crippen LogP contribution in [0.3, 0.4) is 0 Å². The number of likely N-dealkylation sites (tertiary alicyclic amines) is 1. The highest BCUT2D eigenvalue weighted by Gasteiger charge is 2.17. The van der Waals surface area contributed by atoms with Crippen molar-refractivity contribution in [3.63, 3.8) is 0 Å². The van der Waals surface area contributed by atoms with Crippen LogP contribution in [0.5, 0.6) is 0 Å². The Balaban J connectivity index is 1.73. The van der Waals surface area contributed by atoms with Crippen molar-refractivity contribution in [3.8, 4) is 0 Å². The SMILES string of the molecule is CC(NCC(C)N1CCCCC1)c1cncs1. The lowest BCUT2D eigenvalue weighted by Crippen LogP contribution is -2.43. The summed E-state index contributed by atoms with van der Waals surface area (Å²) in [7, 11) is 0. The van der Waals surface area contributed by atoms with Crippen LogP contribution in [0.4, 0.5) is 0 Å². The summed E-state index contributed by atoms with van der Waals surface area (Å²) in [5.74, 6) is 0. The third kappa shape index (κ3) is 3.76. The average Bonchev–Trinajstić information content (AvgIpc) is 2.90. The Morgan fingerprint density at radius 2 is 2.12 bits per heavy atom. The second-order valence-corrected chi connectivity index (χ2v) is 5.90. The van der Waals surface area contributed by atoms with E-state index in [0.29, 0.717) is 12.1 Å². The van der Waals surface area contributed by atoms with E-state index < -0.39 is 0 Å². The van der Waals surface area contributed by atoms with Crippen molar-refractivity contribution in [2.24, 2.45) is 0 Å². The standard InChI is InChI=1S/C13H23N3S/c1-11(16-6-4-3-5-7-16)8-15-12(2)13-9-14-10-17-13/h9-12,15H,3-8H2,1-2H3. The minimum Gasteiger partial charge on any atom is -0.308 e. The molecule has 0 amide bonds. The summed E-state index contributed by atoms with van der Waals surface area (Å²) in [6.07, 6.45) is 6.12. The van der Waals surface area contributed by atoms with Gasteiger partial charge in [0.1, 0.15) is 0 Å². The van der Waals surface area contributed by atoms with Crippen molar-refractivity contribution < 1.29 is 0 Å². The lowest BCUT2D eigenvalue weighted by atomic mass is 10.1. The fraction of sp³-hybridized carbons (Fsp3) is 0.769. The Morgan fingerprint density at radius 1 is 1.35 bits per heavy atom. The molecule has 2 atom stereocenters. The second-order valence-electron chi connectivity index (χ2n) is 4.98. The zero-order valence-electron chi connectivity index (χ0n) is 10.9. The first-order valence-corrected chi connectivity index (χ1v) is 7.51. The summed E-state index contributed by atoms with van der Waals surface area (Å²) in [6.45, 7) is 8.17. The van der Waals surface area contributed by atoms with Gasteiger partial charge in [-0.3, -0.25) is 9.88 Å². The molecule has 1 aliphatic heterocycles. The molecule has 2 unspecified atom stereocenters. The van der Waals surface area contributed by atoms with Gasteiger partial charge < -0.3 is 5.32 Å². The highest BCUT2D eigenvalue weighted by molar-refractivity contribution is 7.09. The Labute approximate surface area is 108 Å². The first-order valence-electron chi connectivity index (χ1n) is 6.63. The van der Waals surface area contributed by atoms with Gasteiger partial charge in [0.25, 0.3) is 0 Å². The van der Waals surface area contributed by atoms with Crippen LogP contribution < -0.4 is 5.32 Å². The number of hydrogen-bond acceptors (Lipinski definition) is 4. The lowest BCUT2D eigenvalue weighted by molar-refractivity contribution is 0.168. The minimum atomic E-state index is 0.426. The van der Waals surface area contributed by atoms with Gasteiger partial charge in [-0.15, -0.1) is 11.3 Å². The summed E-state index contributed by atoms with van der Waals surface area (Å²) in [5, 5.41) is 3.61. The van der Waals surface area contributed by atoms with Crippen LogP contribution in [-0.4, -0.2) is 35.6 Å². The van der Waals surface area contributed by atoms with Gasteiger partial charge in [-0.2, -0.15) is 0 Å². The summed E-state index contributed by atoms with van der Waals surface area (Å²) < 4.78 is 0. The molecule has 17 heavy (non-hydrogen) atoms. The zero-order chi connectivity index (χ0) is 12.1. The Kier molecular flexibility index (Phi) is 4.95. The van der Waals surface area contributed by atoms with Gasteiger partial charge >= 0.3 is 0 Å². The third-order valence-corrected chi connectivity index (χ3v) is 4.57. The molecule has 0 saturated carbocycles. The molecule has 1 fully saturated rings. The van der Waals surface area contributed by atoms with E-state index in [4.69, 9.17) is 0 Å². The van der Waals surface area contributed by atoms with Crippen molar-refractivity contribution in [1.29, 1.82) is 0 Å². The molecular formula is C13H23N3S. The van der Waals surface area contributed by atoms with Crippen molar-refractivity contribution in [3.05, 3.63) is 16.6 Å². The fourth-order valence-electron chi connectivity index (χ4n) is 2.38. The molecule has 1 saturated heterocycles. The van der Waals surface area contributed by atoms with Crippen molar-refractivity contribution in [2.45, 2.75) is 45.2 Å². The molecule has 2 heterocycles. The van der Waals surface area contributed by atoms with Gasteiger partial charge in [0.2, 0.25) is 0 Å². The highest BCUT2D eigenvalue weighted by Crippen LogP contribution is 2.17. The summed E-state index contributed by atoms with van der Waals surface area (Å²) >= 11 is 1.73. The fourth-order valence-corrected chi connectivity index (χ4v) is 3.03. The van der Waals surface area contributed by atoms with E-state index in [1.54, 1.807) is 11.3 Å². The lowest BCUT2D eigenvalue weighted by Gasteiger charge is -2.33. The molecule has 0 radical (unpaired) electrons. The predicted molar refractivity (Wildman–Crippen MR) is 73.4 cm³/mol. The largest absolute Gasteiger partial charge is 0.308 e. The molecule has 1 aromatic rings. The number of nitrogens with one attached hydrogen (secondary N) is 1. The second kappa shape index (κ2) is 6.47. The minimum absolute atomic E-state index is 0.426. The number of aromatic nitrogens is 1. The third-order valence-electron chi connectivity index (χ3n) is 3.61. The van der Waals surface area contributed by atoms with Crippen LogP contribution in [-0.2, 0) is 0 Å². The van der Waals surface area contributed by atoms with Gasteiger partial charge in [-0.25, -0.2) is 0 Å². The van der Waals surface area contributed by atoms with E-state index in [0.717, 1.165) is 6.54 Å². The molecule has 3 nitrogen and oxygen atoms in total. The number of hydrogen-bond donors (Lipinski definition) is 1. The van der Waals surface area contributed by atoms with E-state index >= 15 is 0 Å². The Bertz CT molecular complexity index is 306. The molecule has 1 aliphatic rings. The van der Waals surface area contributed by atoms with Gasteiger partial charge in [0.05, 0.1) is 5.51 Å². The smallest absolute Gasteiger partial charge is 0.0794 e. The van der Waals surface area contributed by atoms with Crippen molar-refractivity contribution in [2.75, 3.05) is 19.6 Å². The summed E-state index contributed by atoms with van der Waals surface area (Å²) in [6, 6.07) is 1.07. The van der Waals surface area contributed by atoms with Gasteiger partial charge in [0, 0.05) is 29.7 Å². The molecule has 0 bridgehead atoms. The van der Waals surface area contributed by atoms with E-state index in [2.05, 4.69) is 29.0 Å². The molecule has 1 N–H and O–H groups in total.